The molecule has 2 aromatic carbocycles. The molecule has 0 aliphatic heterocycles. The summed E-state index contributed by atoms with van der Waals surface area (Å²) in [5.41, 5.74) is 1.04. The zero-order chi connectivity index (χ0) is 15.1. The number of nitrogens with zero attached hydrogens (tertiary/aromatic N) is 1. The fraction of sp³-hybridized carbons (Fsp3) is 0.0714. The first kappa shape index (κ1) is 14.0. The predicted octanol–water partition coefficient (Wildman–Crippen LogP) is 4.63. The van der Waals surface area contributed by atoms with E-state index in [1.807, 2.05) is 0 Å². The minimum Gasteiger partial charge on any atom is -0.495 e. The van der Waals surface area contributed by atoms with Gasteiger partial charge in [0.15, 0.2) is 10.6 Å². The number of halogens is 3. The number of benzene rings is 2. The molecule has 3 nitrogen and oxygen atoms in total. The van der Waals surface area contributed by atoms with E-state index >= 15 is 0 Å². The maximum Gasteiger partial charge on any atom is 0.182 e. The molecule has 3 rings (SSSR count). The molecule has 1 N–H and O–H groups in total. The van der Waals surface area contributed by atoms with E-state index in [0.717, 1.165) is 6.07 Å². The number of hydrogen-bond donors (Lipinski definition) is 1. The monoisotopic (exact) mass is 326 g/mol. The van der Waals surface area contributed by atoms with Crippen molar-refractivity contribution < 1.29 is 13.5 Å². The molecule has 0 bridgehead atoms. The standard InChI is InChI=1S/C14H9ClF2N2OS/c1-20-12-3-2-8(6-9(12)15)19-11-5-7(16)4-10(17)13(11)18-14(19)21/h2-6H,1H3,(H,18,21). The van der Waals surface area contributed by atoms with Gasteiger partial charge < -0.3 is 9.72 Å². The topological polar surface area (TPSA) is 29.9 Å². The smallest absolute Gasteiger partial charge is 0.182 e. The van der Waals surface area contributed by atoms with Gasteiger partial charge in [-0.25, -0.2) is 8.78 Å². The molecule has 0 amide bonds. The number of hydrogen-bond acceptors (Lipinski definition) is 2. The number of H-pyrrole nitrogens is 1. The van der Waals surface area contributed by atoms with E-state index in [-0.39, 0.29) is 10.3 Å². The maximum atomic E-state index is 13.8. The van der Waals surface area contributed by atoms with Crippen LogP contribution in [0.5, 0.6) is 5.75 Å². The highest BCUT2D eigenvalue weighted by Crippen LogP contribution is 2.29. The SMILES string of the molecule is COc1ccc(-n2c(=S)[nH]c3c(F)cc(F)cc32)cc1Cl. The second-order valence-electron chi connectivity index (χ2n) is 4.37. The van der Waals surface area contributed by atoms with Gasteiger partial charge in [0.25, 0.3) is 0 Å². The van der Waals surface area contributed by atoms with Crippen LogP contribution < -0.4 is 4.74 Å². The van der Waals surface area contributed by atoms with Crippen LogP contribution in [0.2, 0.25) is 5.02 Å². The summed E-state index contributed by atoms with van der Waals surface area (Å²) in [6.45, 7) is 0. The molecule has 0 saturated heterocycles. The zero-order valence-electron chi connectivity index (χ0n) is 10.8. The minimum atomic E-state index is -0.700. The lowest BCUT2D eigenvalue weighted by atomic mass is 10.2. The van der Waals surface area contributed by atoms with Crippen LogP contribution in [0.1, 0.15) is 0 Å². The average molecular weight is 327 g/mol. The third kappa shape index (κ3) is 2.30. The molecular formula is C14H9ClF2N2OS. The van der Waals surface area contributed by atoms with Gasteiger partial charge in [0.2, 0.25) is 0 Å². The van der Waals surface area contributed by atoms with Crippen molar-refractivity contribution in [3.05, 3.63) is 51.8 Å². The molecule has 0 spiro atoms. The maximum absolute atomic E-state index is 13.8. The molecule has 1 heterocycles. The van der Waals surface area contributed by atoms with Crippen molar-refractivity contribution in [2.24, 2.45) is 0 Å². The lowest BCUT2D eigenvalue weighted by Crippen LogP contribution is -1.95. The lowest BCUT2D eigenvalue weighted by Gasteiger charge is -2.08. The Kier molecular flexibility index (Phi) is 3.43. The van der Waals surface area contributed by atoms with Gasteiger partial charge in [0, 0.05) is 12.1 Å². The molecular weight excluding hydrogens is 318 g/mol. The molecule has 0 unspecified atom stereocenters. The van der Waals surface area contributed by atoms with E-state index in [4.69, 9.17) is 28.6 Å². The normalized spacial score (nSPS) is 11.0. The van der Waals surface area contributed by atoms with E-state index in [1.54, 1.807) is 18.2 Å². The van der Waals surface area contributed by atoms with Gasteiger partial charge in [-0.05, 0) is 30.4 Å². The fourth-order valence-corrected chi connectivity index (χ4v) is 2.74. The summed E-state index contributed by atoms with van der Waals surface area (Å²) >= 11 is 11.3. The Bertz CT molecular complexity index is 904. The number of imidazole rings is 1. The number of fused-ring (bicyclic) bond motifs is 1. The van der Waals surface area contributed by atoms with Gasteiger partial charge in [-0.2, -0.15) is 0 Å². The molecule has 0 aliphatic carbocycles. The second kappa shape index (κ2) is 5.13. The first-order chi connectivity index (χ1) is 10.0. The van der Waals surface area contributed by atoms with E-state index in [1.165, 1.54) is 17.7 Å². The van der Waals surface area contributed by atoms with Gasteiger partial charge in [-0.3, -0.25) is 4.57 Å². The van der Waals surface area contributed by atoms with Gasteiger partial charge in [0.05, 0.1) is 23.3 Å². The van der Waals surface area contributed by atoms with Gasteiger partial charge in [0.1, 0.15) is 17.1 Å². The summed E-state index contributed by atoms with van der Waals surface area (Å²) in [4.78, 5) is 2.73. The van der Waals surface area contributed by atoms with Crippen LogP contribution in [-0.2, 0) is 0 Å². The van der Waals surface area contributed by atoms with Crippen LogP contribution in [0.4, 0.5) is 8.78 Å². The Morgan fingerprint density at radius 2 is 2.00 bits per heavy atom. The summed E-state index contributed by atoms with van der Waals surface area (Å²) in [7, 11) is 1.50. The second-order valence-corrected chi connectivity index (χ2v) is 5.16. The highest BCUT2D eigenvalue weighted by atomic mass is 35.5. The van der Waals surface area contributed by atoms with Crippen LogP contribution in [0.15, 0.2) is 30.3 Å². The van der Waals surface area contributed by atoms with E-state index in [0.29, 0.717) is 22.0 Å². The Morgan fingerprint density at radius 3 is 2.67 bits per heavy atom. The van der Waals surface area contributed by atoms with Crippen LogP contribution >= 0.6 is 23.8 Å². The fourth-order valence-electron chi connectivity index (χ4n) is 2.18. The average Bonchev–Trinajstić information content (AvgIpc) is 2.75. The quantitative estimate of drug-likeness (QED) is 0.696. The first-order valence-corrected chi connectivity index (χ1v) is 6.73. The highest BCUT2D eigenvalue weighted by molar-refractivity contribution is 7.71. The Balaban J connectivity index is 2.32. The van der Waals surface area contributed by atoms with Crippen molar-refractivity contribution in [2.75, 3.05) is 7.11 Å². The summed E-state index contributed by atoms with van der Waals surface area (Å²) in [6.07, 6.45) is 0. The van der Waals surface area contributed by atoms with Crippen LogP contribution in [0.3, 0.4) is 0 Å². The van der Waals surface area contributed by atoms with E-state index in [9.17, 15) is 8.78 Å². The van der Waals surface area contributed by atoms with Crippen molar-refractivity contribution in [3.63, 3.8) is 0 Å². The molecule has 21 heavy (non-hydrogen) atoms. The molecule has 0 radical (unpaired) electrons. The third-order valence-electron chi connectivity index (χ3n) is 3.10. The molecule has 3 aromatic rings. The first-order valence-electron chi connectivity index (χ1n) is 5.95. The van der Waals surface area contributed by atoms with Crippen molar-refractivity contribution in [1.82, 2.24) is 9.55 Å². The summed E-state index contributed by atoms with van der Waals surface area (Å²) < 4.78 is 34.1. The van der Waals surface area contributed by atoms with E-state index in [2.05, 4.69) is 4.98 Å². The van der Waals surface area contributed by atoms with Crippen molar-refractivity contribution in [1.29, 1.82) is 0 Å². The largest absolute Gasteiger partial charge is 0.495 e. The number of aromatic nitrogens is 2. The highest BCUT2D eigenvalue weighted by Gasteiger charge is 2.13. The van der Waals surface area contributed by atoms with Gasteiger partial charge >= 0.3 is 0 Å². The molecule has 7 heteroatoms. The minimum absolute atomic E-state index is 0.147. The Labute approximate surface area is 128 Å². The molecule has 0 fully saturated rings. The summed E-state index contributed by atoms with van der Waals surface area (Å²) in [5.74, 6) is -0.874. The number of rotatable bonds is 2. The Hall–Kier alpha value is -1.92. The van der Waals surface area contributed by atoms with Gasteiger partial charge in [-0.1, -0.05) is 11.6 Å². The molecule has 0 saturated carbocycles. The van der Waals surface area contributed by atoms with Crippen molar-refractivity contribution in [3.8, 4) is 11.4 Å². The van der Waals surface area contributed by atoms with Crippen molar-refractivity contribution in [2.45, 2.75) is 0 Å². The molecule has 0 aliphatic rings. The summed E-state index contributed by atoms with van der Waals surface area (Å²) in [6, 6.07) is 7.00. The number of methoxy groups -OCH3 is 1. The Morgan fingerprint density at radius 1 is 1.24 bits per heavy atom. The van der Waals surface area contributed by atoms with E-state index < -0.39 is 11.6 Å². The number of aromatic amines is 1. The zero-order valence-corrected chi connectivity index (χ0v) is 12.4. The lowest BCUT2D eigenvalue weighted by molar-refractivity contribution is 0.415. The molecule has 0 atom stereocenters. The van der Waals surface area contributed by atoms with Crippen molar-refractivity contribution >= 4 is 34.9 Å². The number of nitrogens with one attached hydrogen (secondary N) is 1. The molecule has 108 valence electrons. The molecule has 1 aromatic heterocycles. The van der Waals surface area contributed by atoms with Crippen LogP contribution in [0, 0.1) is 16.4 Å². The third-order valence-corrected chi connectivity index (χ3v) is 3.68. The number of ether oxygens (including phenoxy) is 1. The van der Waals surface area contributed by atoms with Crippen LogP contribution in [0.25, 0.3) is 16.7 Å². The van der Waals surface area contributed by atoms with Gasteiger partial charge in [-0.15, -0.1) is 0 Å². The summed E-state index contributed by atoms with van der Waals surface area (Å²) in [5, 5.41) is 0.378. The predicted molar refractivity (Wildman–Crippen MR) is 79.9 cm³/mol. The van der Waals surface area contributed by atoms with Crippen LogP contribution in [-0.4, -0.2) is 16.7 Å².